The number of unbranched alkanes of at least 4 members (excludes halogenated alkanes) is 3. The summed E-state index contributed by atoms with van der Waals surface area (Å²) in [6, 6.07) is -1.04. The Balaban J connectivity index is 2.08. The highest BCUT2D eigenvalue weighted by Crippen LogP contribution is 2.16. The van der Waals surface area contributed by atoms with Gasteiger partial charge < -0.3 is 25.5 Å². The zero-order valence-electron chi connectivity index (χ0n) is 26.7. The Kier molecular flexibility index (Phi) is 16.4. The molecule has 0 radical (unpaired) electrons. The maximum Gasteiger partial charge on any atom is 0.317 e. The average molecular weight is 613 g/mol. The predicted molar refractivity (Wildman–Crippen MR) is 164 cm³/mol. The van der Waals surface area contributed by atoms with Crippen molar-refractivity contribution in [3.8, 4) is 0 Å². The van der Waals surface area contributed by atoms with Crippen LogP contribution in [0, 0.1) is 0 Å². The molecular weight excluding hydrogens is 556 g/mol. The van der Waals surface area contributed by atoms with Crippen molar-refractivity contribution in [3.05, 3.63) is 0 Å². The molecule has 0 aliphatic carbocycles. The maximum absolute atomic E-state index is 13.0. The monoisotopic (exact) mass is 612 g/mol. The molecule has 2 rings (SSSR count). The Morgan fingerprint density at radius 3 is 1.35 bits per heavy atom. The molecule has 248 valence electrons. The molecule has 0 aromatic carbocycles. The topological polar surface area (TPSA) is 157 Å². The van der Waals surface area contributed by atoms with Crippen molar-refractivity contribution in [1.82, 2.24) is 29.8 Å². The van der Waals surface area contributed by atoms with Crippen LogP contribution >= 0.6 is 0 Å². The molecule has 4 unspecified atom stereocenters. The van der Waals surface area contributed by atoms with E-state index in [4.69, 9.17) is 0 Å². The van der Waals surface area contributed by atoms with Crippen LogP contribution in [0.5, 0.6) is 0 Å². The Hall–Kier alpha value is -2.32. The molecule has 4 atom stereocenters. The molecule has 4 N–H and O–H groups in total. The first-order valence-corrected chi connectivity index (χ1v) is 16.0. The third-order valence-electron chi connectivity index (χ3n) is 8.77. The lowest BCUT2D eigenvalue weighted by Crippen LogP contribution is -2.58. The fourth-order valence-corrected chi connectivity index (χ4v) is 6.23. The van der Waals surface area contributed by atoms with Gasteiger partial charge in [-0.2, -0.15) is 0 Å². The van der Waals surface area contributed by atoms with E-state index in [1.54, 1.807) is 4.90 Å². The lowest BCUT2D eigenvalue weighted by atomic mass is 10.1. The van der Waals surface area contributed by atoms with Crippen LogP contribution in [0.1, 0.15) is 66.2 Å². The smallest absolute Gasteiger partial charge is 0.317 e. The summed E-state index contributed by atoms with van der Waals surface area (Å²) in [4.78, 5) is 58.2. The molecule has 0 aromatic rings. The molecule has 2 saturated heterocycles. The van der Waals surface area contributed by atoms with Crippen molar-refractivity contribution in [1.29, 1.82) is 0 Å². The van der Waals surface area contributed by atoms with Gasteiger partial charge in [0.05, 0.1) is 26.2 Å². The number of rotatable bonds is 15. The first-order valence-electron chi connectivity index (χ1n) is 16.0. The number of carbonyl (C=O) groups excluding carboxylic acids is 1. The van der Waals surface area contributed by atoms with E-state index in [1.807, 2.05) is 42.4 Å². The second kappa shape index (κ2) is 19.1. The van der Waals surface area contributed by atoms with Crippen molar-refractivity contribution in [2.75, 3.05) is 78.5 Å². The molecular formula is C30H56N6O7. The highest BCUT2D eigenvalue weighted by Gasteiger charge is 2.32. The molecule has 0 aromatic heterocycles. The molecule has 2 fully saturated rings. The predicted octanol–water partition coefficient (Wildman–Crippen LogP) is 0.788. The van der Waals surface area contributed by atoms with Crippen LogP contribution in [0.3, 0.4) is 0 Å². The zero-order valence-corrected chi connectivity index (χ0v) is 26.7. The molecule has 0 spiro atoms. The summed E-state index contributed by atoms with van der Waals surface area (Å²) in [5.74, 6) is -3.06. The molecule has 0 saturated carbocycles. The number of likely N-dealkylation sites (tertiary alicyclic amines) is 1. The lowest BCUT2D eigenvalue weighted by molar-refractivity contribution is -0.142. The molecule has 13 heteroatoms. The Morgan fingerprint density at radius 1 is 0.581 bits per heavy atom. The van der Waals surface area contributed by atoms with Crippen molar-refractivity contribution in [2.24, 2.45) is 0 Å². The van der Waals surface area contributed by atoms with E-state index in [2.05, 4.69) is 10.2 Å². The lowest BCUT2D eigenvalue weighted by Gasteiger charge is -2.43. The number of aliphatic carboxylic acids is 3. The summed E-state index contributed by atoms with van der Waals surface area (Å²) in [5.41, 5.74) is 0. The summed E-state index contributed by atoms with van der Waals surface area (Å²) in [5, 5.41) is 31.9. The minimum absolute atomic E-state index is 0.105. The normalized spacial score (nSPS) is 26.0. The minimum atomic E-state index is -0.999. The fourth-order valence-electron chi connectivity index (χ4n) is 6.23. The standard InChI is InChI=1S/C30H56N6O7/c1-23-16-34(20-28(38)39)25(3)18-36(22-30(42)43)26(4)17-35(21-29(40)41)24(2)15-33(23)19-27(37)31-11-7-5-6-8-12-32-13-9-10-14-32/h23-26H,5-22H2,1-4H3,(H,31,37)(H,38,39)(H,40,41)(H,42,43). The molecule has 2 aliphatic heterocycles. The third-order valence-corrected chi connectivity index (χ3v) is 8.77. The van der Waals surface area contributed by atoms with Gasteiger partial charge in [-0.15, -0.1) is 0 Å². The van der Waals surface area contributed by atoms with E-state index in [0.717, 1.165) is 25.8 Å². The molecule has 13 nitrogen and oxygen atoms in total. The second-order valence-electron chi connectivity index (χ2n) is 12.6. The van der Waals surface area contributed by atoms with Crippen LogP contribution < -0.4 is 5.32 Å². The zero-order chi connectivity index (χ0) is 31.9. The fraction of sp³-hybridized carbons (Fsp3) is 0.867. The van der Waals surface area contributed by atoms with Gasteiger partial charge in [0.15, 0.2) is 0 Å². The number of hydrogen-bond donors (Lipinski definition) is 4. The van der Waals surface area contributed by atoms with Gasteiger partial charge in [-0.3, -0.25) is 38.8 Å². The number of amides is 1. The van der Waals surface area contributed by atoms with Gasteiger partial charge in [0.1, 0.15) is 0 Å². The maximum atomic E-state index is 13.0. The van der Waals surface area contributed by atoms with Gasteiger partial charge in [0.2, 0.25) is 5.91 Å². The molecule has 43 heavy (non-hydrogen) atoms. The summed E-state index contributed by atoms with van der Waals surface area (Å²) >= 11 is 0. The highest BCUT2D eigenvalue weighted by molar-refractivity contribution is 5.78. The summed E-state index contributed by atoms with van der Waals surface area (Å²) in [6.45, 7) is 12.7. The largest absolute Gasteiger partial charge is 0.480 e. The van der Waals surface area contributed by atoms with E-state index < -0.39 is 17.9 Å². The molecule has 0 bridgehead atoms. The van der Waals surface area contributed by atoms with E-state index in [0.29, 0.717) is 32.7 Å². The van der Waals surface area contributed by atoms with Gasteiger partial charge in [-0.1, -0.05) is 12.8 Å². The van der Waals surface area contributed by atoms with Crippen LogP contribution in [0.2, 0.25) is 0 Å². The number of nitrogens with one attached hydrogen (secondary N) is 1. The SMILES string of the molecule is CC1CN(CC(=O)O)C(C)CN(CC(=O)NCCCCCCN2CCCC2)C(C)CN(CC(=O)O)C(C)CN1CC(=O)O. The van der Waals surface area contributed by atoms with Crippen LogP contribution in [0.4, 0.5) is 0 Å². The molecule has 1 amide bonds. The van der Waals surface area contributed by atoms with Gasteiger partial charge >= 0.3 is 17.9 Å². The highest BCUT2D eigenvalue weighted by atomic mass is 16.4. The molecule has 2 heterocycles. The minimum Gasteiger partial charge on any atom is -0.480 e. The number of carboxylic acid groups (broad SMARTS) is 3. The van der Waals surface area contributed by atoms with Gasteiger partial charge in [0.25, 0.3) is 0 Å². The van der Waals surface area contributed by atoms with Crippen LogP contribution in [0.15, 0.2) is 0 Å². The average Bonchev–Trinajstić information content (AvgIpc) is 3.43. The third kappa shape index (κ3) is 14.3. The number of hydrogen-bond acceptors (Lipinski definition) is 9. The van der Waals surface area contributed by atoms with E-state index in [9.17, 15) is 34.5 Å². The molecule has 2 aliphatic rings. The number of carboxylic acids is 3. The second-order valence-corrected chi connectivity index (χ2v) is 12.6. The van der Waals surface area contributed by atoms with Gasteiger partial charge in [-0.25, -0.2) is 0 Å². The van der Waals surface area contributed by atoms with E-state index in [1.165, 1.54) is 32.4 Å². The first-order chi connectivity index (χ1) is 20.3. The van der Waals surface area contributed by atoms with Gasteiger partial charge in [0, 0.05) is 56.9 Å². The van der Waals surface area contributed by atoms with Crippen LogP contribution in [-0.4, -0.2) is 166 Å². The van der Waals surface area contributed by atoms with Crippen molar-refractivity contribution in [2.45, 2.75) is 90.4 Å². The van der Waals surface area contributed by atoms with E-state index in [-0.39, 0.29) is 56.3 Å². The summed E-state index contributed by atoms with van der Waals surface area (Å²) in [6.07, 6.45) is 6.92. The summed E-state index contributed by atoms with van der Waals surface area (Å²) in [7, 11) is 0. The Morgan fingerprint density at radius 2 is 0.953 bits per heavy atom. The van der Waals surface area contributed by atoms with Gasteiger partial charge in [-0.05, 0) is 73.0 Å². The van der Waals surface area contributed by atoms with Crippen molar-refractivity contribution < 1.29 is 34.5 Å². The van der Waals surface area contributed by atoms with Crippen molar-refractivity contribution in [3.63, 3.8) is 0 Å². The van der Waals surface area contributed by atoms with E-state index >= 15 is 0 Å². The van der Waals surface area contributed by atoms with Crippen molar-refractivity contribution >= 4 is 23.8 Å². The Bertz CT molecular complexity index is 873. The quantitative estimate of drug-likeness (QED) is 0.193. The van der Waals surface area contributed by atoms with Crippen LogP contribution in [-0.2, 0) is 19.2 Å². The number of nitrogens with zero attached hydrogens (tertiary/aromatic N) is 5. The number of carbonyl (C=O) groups is 4. The summed E-state index contributed by atoms with van der Waals surface area (Å²) < 4.78 is 0. The first kappa shape index (κ1) is 36.9. The van der Waals surface area contributed by atoms with Crippen LogP contribution in [0.25, 0.3) is 0 Å². The Labute approximate surface area is 257 Å².